The Morgan fingerprint density at radius 2 is 1.32 bits per heavy atom. The van der Waals surface area contributed by atoms with Crippen molar-refractivity contribution < 1.29 is 81.1 Å². The molecular weight excluding hydrogens is 933 g/mol. The molecule has 23 heteroatoms. The summed E-state index contributed by atoms with van der Waals surface area (Å²) < 4.78 is 142. The third kappa shape index (κ3) is 14.0. The van der Waals surface area contributed by atoms with Gasteiger partial charge >= 0.3 is 11.9 Å². The number of carboxylic acids is 2. The van der Waals surface area contributed by atoms with E-state index in [2.05, 4.69) is 0 Å². The molecule has 0 radical (unpaired) electrons. The molecular formula is C42H51N2O17S4-3. The first-order chi connectivity index (χ1) is 30.0. The number of carboxylic acid groups (broad SMARTS) is 2. The number of unbranched alkanes of at least 4 members (excludes halogenated alkanes) is 4. The molecule has 358 valence electrons. The van der Waals surface area contributed by atoms with Gasteiger partial charge in [-0.2, -0.15) is 4.58 Å². The standard InChI is InChI=1S/C42H54N2O17S4/c1-41(2)32-26-29(64(56,57)58)18-20-34(32)43(23-12-6-7-14-36(45)31(40(48)49)28-63(53,54)55)37(41)15-8-4-9-16-38-42(3,22-11-5-10-17-39(46)47)33-27-30(65(59,60)61)19-21-35(33)44(38)24-13-25-62(50,51)52/h4,8-9,15-16,18-21,26-27,31H,5-7,10-14,17,22-25,28H2,1-3H3,(H5-,46,47,48,49,50,51,52,53,54,55,56,57,58,59,60,61)/p-3. The second-order valence-corrected chi connectivity index (χ2v) is 22.4. The maximum atomic E-state index is 12.5. The largest absolute Gasteiger partial charge is 0.748 e. The summed E-state index contributed by atoms with van der Waals surface area (Å²) in [5.74, 6) is -7.61. The number of allylic oxidation sites excluding steroid dienone is 6. The molecule has 0 saturated heterocycles. The van der Waals surface area contributed by atoms with Crippen LogP contribution in [0.3, 0.4) is 0 Å². The first-order valence-electron chi connectivity index (χ1n) is 20.5. The van der Waals surface area contributed by atoms with Crippen molar-refractivity contribution in [1.82, 2.24) is 0 Å². The van der Waals surface area contributed by atoms with Gasteiger partial charge in [-0.05, 0) is 94.8 Å². The van der Waals surface area contributed by atoms with Crippen molar-refractivity contribution in [3.8, 4) is 0 Å². The highest BCUT2D eigenvalue weighted by Crippen LogP contribution is 2.51. The highest BCUT2D eigenvalue weighted by molar-refractivity contribution is 7.86. The number of Topliss-reactive ketones (excluding diaryl/α,β-unsaturated/α-hetero) is 1. The molecule has 2 aromatic carbocycles. The molecule has 4 rings (SSSR count). The molecule has 2 aromatic rings. The lowest BCUT2D eigenvalue weighted by atomic mass is 9.77. The van der Waals surface area contributed by atoms with Crippen LogP contribution in [0.2, 0.25) is 0 Å². The van der Waals surface area contributed by atoms with E-state index < -0.39 is 96.2 Å². The summed E-state index contributed by atoms with van der Waals surface area (Å²) in [6.07, 6.45) is 10.8. The van der Waals surface area contributed by atoms with Gasteiger partial charge < -0.3 is 33.3 Å². The van der Waals surface area contributed by atoms with Gasteiger partial charge in [0.2, 0.25) is 5.69 Å². The molecule has 0 saturated carbocycles. The fourth-order valence-electron chi connectivity index (χ4n) is 8.36. The Labute approximate surface area is 379 Å². The van der Waals surface area contributed by atoms with Crippen LogP contribution in [0, 0.1) is 5.92 Å². The summed E-state index contributed by atoms with van der Waals surface area (Å²) in [6.45, 7) is 5.79. The van der Waals surface area contributed by atoms with Gasteiger partial charge in [-0.15, -0.1) is 0 Å². The Bertz CT molecular complexity index is 2760. The van der Waals surface area contributed by atoms with Gasteiger partial charge in [-0.25, -0.2) is 33.7 Å². The van der Waals surface area contributed by atoms with Crippen LogP contribution in [-0.4, -0.2) is 115 Å². The second-order valence-electron chi connectivity index (χ2n) is 16.7. The van der Waals surface area contributed by atoms with Crippen molar-refractivity contribution in [2.24, 2.45) is 5.92 Å². The summed E-state index contributed by atoms with van der Waals surface area (Å²) in [5, 5.41) is 18.4. The number of carbonyl (C=O) groups is 3. The van der Waals surface area contributed by atoms with Crippen LogP contribution >= 0.6 is 0 Å². The highest BCUT2D eigenvalue weighted by atomic mass is 32.2. The van der Waals surface area contributed by atoms with Crippen LogP contribution in [0.15, 0.2) is 82.3 Å². The number of hydrogen-bond acceptors (Lipinski definition) is 16. The Morgan fingerprint density at radius 1 is 0.723 bits per heavy atom. The number of nitrogens with zero attached hydrogens (tertiary/aromatic N) is 2. The number of hydrogen-bond donors (Lipinski definition) is 2. The smallest absolute Gasteiger partial charge is 0.315 e. The molecule has 2 unspecified atom stereocenters. The zero-order valence-corrected chi connectivity index (χ0v) is 39.1. The number of carbonyl (C=O) groups excluding carboxylic acids is 1. The van der Waals surface area contributed by atoms with E-state index in [1.807, 2.05) is 25.3 Å². The van der Waals surface area contributed by atoms with Gasteiger partial charge in [0.15, 0.2) is 5.71 Å². The van der Waals surface area contributed by atoms with E-state index in [-0.39, 0.29) is 32.2 Å². The third-order valence-electron chi connectivity index (χ3n) is 11.6. The first kappa shape index (κ1) is 53.0. The van der Waals surface area contributed by atoms with Crippen molar-refractivity contribution in [3.63, 3.8) is 0 Å². The van der Waals surface area contributed by atoms with Gasteiger partial charge in [0.25, 0.3) is 0 Å². The Balaban J connectivity index is 1.70. The Morgan fingerprint density at radius 3 is 1.91 bits per heavy atom. The lowest BCUT2D eigenvalue weighted by Crippen LogP contribution is -2.31. The monoisotopic (exact) mass is 983 g/mol. The molecule has 2 N–H and O–H groups in total. The van der Waals surface area contributed by atoms with Crippen LogP contribution in [0.1, 0.15) is 96.1 Å². The molecule has 0 aromatic heterocycles. The second kappa shape index (κ2) is 20.9. The summed E-state index contributed by atoms with van der Waals surface area (Å²) in [6, 6.07) is 7.86. The average molecular weight is 984 g/mol. The quantitative estimate of drug-likeness (QED) is 0.0467. The topological polar surface area (TPSA) is 327 Å². The number of aliphatic carboxylic acids is 2. The molecule has 2 atom stereocenters. The van der Waals surface area contributed by atoms with Crippen LogP contribution in [0.25, 0.3) is 0 Å². The van der Waals surface area contributed by atoms with E-state index in [0.29, 0.717) is 79.0 Å². The van der Waals surface area contributed by atoms with Crippen LogP contribution < -0.4 is 4.90 Å². The van der Waals surface area contributed by atoms with E-state index in [4.69, 9.17) is 5.11 Å². The Kier molecular flexibility index (Phi) is 17.0. The summed E-state index contributed by atoms with van der Waals surface area (Å²) >= 11 is 0. The lowest BCUT2D eigenvalue weighted by Gasteiger charge is -2.31. The van der Waals surface area contributed by atoms with Gasteiger partial charge in [0.1, 0.15) is 38.5 Å². The minimum Gasteiger partial charge on any atom is -0.748 e. The minimum atomic E-state index is -4.98. The van der Waals surface area contributed by atoms with Crippen molar-refractivity contribution in [2.75, 3.05) is 29.5 Å². The summed E-state index contributed by atoms with van der Waals surface area (Å²) in [7, 11) is -19.3. The number of rotatable bonds is 25. The predicted octanol–water partition coefficient (Wildman–Crippen LogP) is 3.99. The van der Waals surface area contributed by atoms with Crippen molar-refractivity contribution in [3.05, 3.63) is 83.6 Å². The SMILES string of the molecule is CC1(C)C(C=CC=CC=C2N(CCCS(=O)(=O)[O-])c3ccc(S(=O)(=O)[O-])cc3C2(C)CCCCCC(=O)O)=[N+](CCCCCC(=O)C(CS(=O)(=O)[O-])C(=O)O)c2ccc(S(=O)(=O)[O-])cc21. The van der Waals surface area contributed by atoms with Crippen LogP contribution in [0.5, 0.6) is 0 Å². The van der Waals surface area contributed by atoms with E-state index in [1.165, 1.54) is 30.3 Å². The fourth-order valence-corrected chi connectivity index (χ4v) is 10.6. The highest BCUT2D eigenvalue weighted by Gasteiger charge is 2.45. The number of ketones is 1. The molecule has 0 amide bonds. The molecule has 2 heterocycles. The summed E-state index contributed by atoms with van der Waals surface area (Å²) in [5.41, 5.74) is 1.46. The number of benzene rings is 2. The Hall–Kier alpha value is -4.62. The normalized spacial score (nSPS) is 18.8. The van der Waals surface area contributed by atoms with E-state index >= 15 is 0 Å². The van der Waals surface area contributed by atoms with Crippen molar-refractivity contribution in [1.29, 1.82) is 0 Å². The zero-order chi connectivity index (χ0) is 48.8. The van der Waals surface area contributed by atoms with Crippen molar-refractivity contribution >= 4 is 75.3 Å². The van der Waals surface area contributed by atoms with Crippen molar-refractivity contribution in [2.45, 2.75) is 106 Å². The van der Waals surface area contributed by atoms with E-state index in [9.17, 15) is 71.4 Å². The van der Waals surface area contributed by atoms with E-state index in [1.54, 1.807) is 35.3 Å². The predicted molar refractivity (Wildman–Crippen MR) is 232 cm³/mol. The molecule has 2 aliphatic rings. The summed E-state index contributed by atoms with van der Waals surface area (Å²) in [4.78, 5) is 36.0. The molecule has 0 aliphatic carbocycles. The number of fused-ring (bicyclic) bond motifs is 2. The third-order valence-corrected chi connectivity index (χ3v) is 14.8. The van der Waals surface area contributed by atoms with Gasteiger partial charge in [0.05, 0.1) is 41.2 Å². The maximum absolute atomic E-state index is 12.5. The fraction of sp³-hybridized carbons (Fsp3) is 0.476. The molecule has 65 heavy (non-hydrogen) atoms. The van der Waals surface area contributed by atoms with Gasteiger partial charge in [-0.3, -0.25) is 14.4 Å². The van der Waals surface area contributed by atoms with Crippen LogP contribution in [0.4, 0.5) is 11.4 Å². The molecule has 0 fully saturated rings. The zero-order valence-electron chi connectivity index (χ0n) is 35.9. The lowest BCUT2D eigenvalue weighted by molar-refractivity contribution is -0.438. The number of anilines is 1. The molecule has 0 bridgehead atoms. The van der Waals surface area contributed by atoms with Gasteiger partial charge in [-0.1, -0.05) is 31.1 Å². The first-order valence-corrected chi connectivity index (χ1v) is 26.5. The molecule has 0 spiro atoms. The van der Waals surface area contributed by atoms with E-state index in [0.717, 1.165) is 6.07 Å². The maximum Gasteiger partial charge on any atom is 0.315 e. The van der Waals surface area contributed by atoms with Crippen LogP contribution in [-0.2, 0) is 65.7 Å². The van der Waals surface area contributed by atoms with Gasteiger partial charge in [0, 0.05) is 66.1 Å². The molecule has 2 aliphatic heterocycles. The molecule has 19 nitrogen and oxygen atoms in total. The average Bonchev–Trinajstić information content (AvgIpc) is 3.53. The minimum absolute atomic E-state index is 0.0266.